The number of carbonyl (C=O) groups is 2. The number of hydrogen-bond acceptors (Lipinski definition) is 6. The minimum absolute atomic E-state index is 0.0209. The second kappa shape index (κ2) is 7.84. The molecule has 0 radical (unpaired) electrons. The van der Waals surface area contributed by atoms with E-state index in [-0.39, 0.29) is 32.0 Å². The number of nitrogens with two attached hydrogens (primary N) is 1. The topological polar surface area (TPSA) is 132 Å². The van der Waals surface area contributed by atoms with Crippen LogP contribution in [0, 0.1) is 10.5 Å². The van der Waals surface area contributed by atoms with E-state index in [0.29, 0.717) is 26.2 Å². The van der Waals surface area contributed by atoms with Gasteiger partial charge in [0.15, 0.2) is 0 Å². The normalized spacial score (nSPS) is 11.8. The molecular formula is C18H13F3IN7O2S. The first kappa shape index (κ1) is 22.2. The number of nitrogens with one attached hydrogen (secondary N) is 2. The highest BCUT2D eigenvalue weighted by Crippen LogP contribution is 2.44. The lowest BCUT2D eigenvalue weighted by molar-refractivity contribution is -0.140. The quantitative estimate of drug-likeness (QED) is 0.320. The fourth-order valence-electron chi connectivity index (χ4n) is 3.12. The van der Waals surface area contributed by atoms with E-state index in [0.717, 1.165) is 6.07 Å². The van der Waals surface area contributed by atoms with Crippen LogP contribution in [-0.2, 0) is 13.2 Å². The molecule has 0 aromatic carbocycles. The molecule has 0 saturated carbocycles. The Balaban J connectivity index is 2.03. The molecule has 4 N–H and O–H groups in total. The van der Waals surface area contributed by atoms with Gasteiger partial charge in [-0.15, -0.1) is 11.3 Å². The van der Waals surface area contributed by atoms with Gasteiger partial charge in [-0.2, -0.15) is 23.4 Å². The summed E-state index contributed by atoms with van der Waals surface area (Å²) in [6.07, 6.45) is -1.89. The summed E-state index contributed by atoms with van der Waals surface area (Å²) < 4.78 is 42.7. The lowest BCUT2D eigenvalue weighted by Gasteiger charge is -2.12. The summed E-state index contributed by atoms with van der Waals surface area (Å²) >= 11 is 2.57. The van der Waals surface area contributed by atoms with Crippen LogP contribution in [0.5, 0.6) is 0 Å². The summed E-state index contributed by atoms with van der Waals surface area (Å²) in [6.45, 7) is 1.69. The molecule has 166 valence electrons. The second-order valence-corrected chi connectivity index (χ2v) is 8.88. The highest BCUT2D eigenvalue weighted by atomic mass is 127. The number of aromatic nitrogens is 5. The number of halogens is 4. The van der Waals surface area contributed by atoms with Gasteiger partial charge in [-0.25, -0.2) is 4.98 Å². The number of nitrogens with zero attached hydrogens (tertiary/aromatic N) is 4. The first-order chi connectivity index (χ1) is 15.0. The van der Waals surface area contributed by atoms with E-state index in [1.807, 2.05) is 22.6 Å². The molecule has 4 rings (SSSR count). The molecule has 0 bridgehead atoms. The summed E-state index contributed by atoms with van der Waals surface area (Å²) in [7, 11) is 1.65. The molecule has 9 nitrogen and oxygen atoms in total. The van der Waals surface area contributed by atoms with Crippen LogP contribution in [0.25, 0.3) is 21.3 Å². The third kappa shape index (κ3) is 3.72. The molecule has 4 aromatic heterocycles. The zero-order valence-electron chi connectivity index (χ0n) is 16.3. The number of anilines is 1. The van der Waals surface area contributed by atoms with E-state index >= 15 is 0 Å². The average Bonchev–Trinajstić information content (AvgIpc) is 3.39. The Labute approximate surface area is 195 Å². The van der Waals surface area contributed by atoms with Gasteiger partial charge >= 0.3 is 6.18 Å². The standard InChI is InChI=1S/C18H13F3IN7O2S/c1-6-8(4-25-29(6)2)7-3-10(18(19,20)21)26-17-11(7)13(14(32-17)15(23)30)27-16(31)12-9(22)5-24-28-12/h3-5H,1-2H3,(H2,23,30)(H,24,28)(H,27,31). The molecule has 0 fully saturated rings. The second-order valence-electron chi connectivity index (χ2n) is 6.72. The predicted octanol–water partition coefficient (Wildman–Crippen LogP) is 3.70. The largest absolute Gasteiger partial charge is 0.433 e. The number of thiophene rings is 1. The molecule has 0 unspecified atom stereocenters. The van der Waals surface area contributed by atoms with Gasteiger partial charge < -0.3 is 11.1 Å². The molecule has 4 heterocycles. The lowest BCUT2D eigenvalue weighted by Crippen LogP contribution is -2.18. The predicted molar refractivity (Wildman–Crippen MR) is 119 cm³/mol. The number of aryl methyl sites for hydroxylation is 1. The third-order valence-electron chi connectivity index (χ3n) is 4.76. The summed E-state index contributed by atoms with van der Waals surface area (Å²) in [5.74, 6) is -1.55. The third-order valence-corrected chi connectivity index (χ3v) is 6.68. The number of pyridine rings is 1. The number of H-pyrrole nitrogens is 1. The van der Waals surface area contributed by atoms with Crippen molar-refractivity contribution in [3.05, 3.63) is 44.0 Å². The van der Waals surface area contributed by atoms with Crippen LogP contribution in [-0.4, -0.2) is 36.8 Å². The summed E-state index contributed by atoms with van der Waals surface area (Å²) in [6, 6.07) is 0.874. The van der Waals surface area contributed by atoms with Crippen molar-refractivity contribution in [1.82, 2.24) is 25.0 Å². The maximum atomic E-state index is 13.6. The van der Waals surface area contributed by atoms with Crippen LogP contribution < -0.4 is 11.1 Å². The molecule has 0 aliphatic rings. The maximum Gasteiger partial charge on any atom is 0.433 e. The van der Waals surface area contributed by atoms with Crippen LogP contribution in [0.3, 0.4) is 0 Å². The van der Waals surface area contributed by atoms with Crippen LogP contribution in [0.15, 0.2) is 18.5 Å². The van der Waals surface area contributed by atoms with Crippen LogP contribution in [0.4, 0.5) is 18.9 Å². The van der Waals surface area contributed by atoms with Crippen molar-refractivity contribution in [2.24, 2.45) is 12.8 Å². The Bertz CT molecular complexity index is 1390. The zero-order valence-corrected chi connectivity index (χ0v) is 19.3. The Hall–Kier alpha value is -3.01. The SMILES string of the molecule is Cc1c(-c2cc(C(F)(F)F)nc3sc(C(N)=O)c(NC(=O)c4[nH]ncc4I)c23)cnn1C. The van der Waals surface area contributed by atoms with Gasteiger partial charge in [0.1, 0.15) is 21.1 Å². The minimum atomic E-state index is -4.73. The fraction of sp³-hybridized carbons (Fsp3) is 0.167. The molecular weight excluding hydrogens is 562 g/mol. The van der Waals surface area contributed by atoms with E-state index in [1.54, 1.807) is 14.0 Å². The number of hydrogen-bond donors (Lipinski definition) is 3. The molecule has 14 heteroatoms. The first-order valence-electron chi connectivity index (χ1n) is 8.82. The number of amides is 2. The van der Waals surface area contributed by atoms with E-state index < -0.39 is 23.7 Å². The number of fused-ring (bicyclic) bond motifs is 1. The number of aromatic amines is 1. The summed E-state index contributed by atoms with van der Waals surface area (Å²) in [5, 5.41) is 13.2. The zero-order chi connectivity index (χ0) is 23.4. The van der Waals surface area contributed by atoms with Gasteiger partial charge in [-0.1, -0.05) is 0 Å². The van der Waals surface area contributed by atoms with Crippen LogP contribution in [0.2, 0.25) is 0 Å². The Morgan fingerprint density at radius 2 is 2.00 bits per heavy atom. The smallest absolute Gasteiger partial charge is 0.365 e. The van der Waals surface area contributed by atoms with Gasteiger partial charge in [0, 0.05) is 23.7 Å². The monoisotopic (exact) mass is 575 g/mol. The van der Waals surface area contributed by atoms with Crippen molar-refractivity contribution >= 4 is 61.6 Å². The van der Waals surface area contributed by atoms with Crippen molar-refractivity contribution in [1.29, 1.82) is 0 Å². The lowest BCUT2D eigenvalue weighted by atomic mass is 10.0. The Morgan fingerprint density at radius 3 is 2.53 bits per heavy atom. The number of carbonyl (C=O) groups excluding carboxylic acids is 2. The average molecular weight is 575 g/mol. The van der Waals surface area contributed by atoms with E-state index in [9.17, 15) is 22.8 Å². The Kier molecular flexibility index (Phi) is 5.44. The molecule has 0 atom stereocenters. The highest BCUT2D eigenvalue weighted by Gasteiger charge is 2.35. The number of alkyl halides is 3. The molecule has 0 spiro atoms. The molecule has 2 amide bonds. The van der Waals surface area contributed by atoms with Crippen LogP contribution >= 0.6 is 33.9 Å². The highest BCUT2D eigenvalue weighted by molar-refractivity contribution is 14.1. The molecule has 32 heavy (non-hydrogen) atoms. The molecule has 0 saturated heterocycles. The molecule has 0 aliphatic heterocycles. The Morgan fingerprint density at radius 1 is 1.28 bits per heavy atom. The van der Waals surface area contributed by atoms with E-state index in [1.165, 1.54) is 17.1 Å². The van der Waals surface area contributed by atoms with Gasteiger partial charge in [-0.05, 0) is 41.1 Å². The van der Waals surface area contributed by atoms with Crippen LogP contribution in [0.1, 0.15) is 31.5 Å². The van der Waals surface area contributed by atoms with Gasteiger partial charge in [0.05, 0.1) is 21.7 Å². The first-order valence-corrected chi connectivity index (χ1v) is 10.7. The maximum absolute atomic E-state index is 13.6. The van der Waals surface area contributed by atoms with Crippen molar-refractivity contribution in [2.45, 2.75) is 13.1 Å². The minimum Gasteiger partial charge on any atom is -0.365 e. The van der Waals surface area contributed by atoms with Gasteiger partial charge in [0.25, 0.3) is 11.8 Å². The number of rotatable bonds is 4. The van der Waals surface area contributed by atoms with Gasteiger partial charge in [0.2, 0.25) is 0 Å². The summed E-state index contributed by atoms with van der Waals surface area (Å²) in [5.41, 5.74) is 5.54. The van der Waals surface area contributed by atoms with Crippen molar-refractivity contribution in [3.63, 3.8) is 0 Å². The summed E-state index contributed by atoms with van der Waals surface area (Å²) in [4.78, 5) is 28.4. The van der Waals surface area contributed by atoms with E-state index in [4.69, 9.17) is 5.73 Å². The van der Waals surface area contributed by atoms with E-state index in [2.05, 4.69) is 25.6 Å². The molecule has 4 aromatic rings. The molecule has 0 aliphatic carbocycles. The van der Waals surface area contributed by atoms with Crippen molar-refractivity contribution < 1.29 is 22.8 Å². The van der Waals surface area contributed by atoms with Crippen molar-refractivity contribution in [2.75, 3.05) is 5.32 Å². The number of primary amides is 1. The van der Waals surface area contributed by atoms with Gasteiger partial charge in [-0.3, -0.25) is 19.4 Å². The van der Waals surface area contributed by atoms with Crippen molar-refractivity contribution in [3.8, 4) is 11.1 Å². The fourth-order valence-corrected chi connectivity index (χ4v) is 4.63.